The van der Waals surface area contributed by atoms with Crippen LogP contribution in [0.4, 0.5) is 13.2 Å². The second-order valence-corrected chi connectivity index (χ2v) is 12.9. The maximum Gasteiger partial charge on any atom is 0.573 e. The van der Waals surface area contributed by atoms with E-state index in [9.17, 15) is 18.0 Å². The zero-order valence-electron chi connectivity index (χ0n) is 23.5. The van der Waals surface area contributed by atoms with Crippen molar-refractivity contribution in [2.45, 2.75) is 95.3 Å². The zero-order valence-corrected chi connectivity index (χ0v) is 24.3. The molecule has 0 aliphatic rings. The molecule has 0 unspecified atom stereocenters. The van der Waals surface area contributed by atoms with Gasteiger partial charge in [-0.15, -0.1) is 24.9 Å². The first-order valence-electron chi connectivity index (χ1n) is 13.1. The lowest BCUT2D eigenvalue weighted by Gasteiger charge is -2.34. The predicted molar refractivity (Wildman–Crippen MR) is 151 cm³/mol. The molecule has 39 heavy (non-hydrogen) atoms. The Morgan fingerprint density at radius 1 is 1.03 bits per heavy atom. The van der Waals surface area contributed by atoms with Gasteiger partial charge in [0.05, 0.1) is 5.56 Å². The SMILES string of the molecule is C=C(C)C(=O)OC(C)(C)CC(C)(C)Sc1ccc2cc(-c3ccc(CCCCC)cc3OC(F)(F)F)oc2c1. The molecule has 3 rings (SSSR count). The minimum atomic E-state index is -4.81. The summed E-state index contributed by atoms with van der Waals surface area (Å²) in [6.45, 7) is 15.2. The molecule has 0 aliphatic heterocycles. The monoisotopic (exact) mass is 562 g/mol. The van der Waals surface area contributed by atoms with E-state index in [0.29, 0.717) is 29.8 Å². The molecule has 0 atom stereocenters. The molecule has 1 aromatic heterocycles. The summed E-state index contributed by atoms with van der Waals surface area (Å²) < 4.78 is 55.4. The lowest BCUT2D eigenvalue weighted by molar-refractivity contribution is -0.274. The highest BCUT2D eigenvalue weighted by molar-refractivity contribution is 8.00. The summed E-state index contributed by atoms with van der Waals surface area (Å²) in [5.74, 6) is -0.385. The van der Waals surface area contributed by atoms with Crippen molar-refractivity contribution in [3.63, 3.8) is 0 Å². The summed E-state index contributed by atoms with van der Waals surface area (Å²) in [5.41, 5.74) is 1.25. The fourth-order valence-corrected chi connectivity index (χ4v) is 6.04. The molecular formula is C31H37F3O4S. The molecule has 3 aromatic rings. The van der Waals surface area contributed by atoms with Gasteiger partial charge in [-0.05, 0) is 75.6 Å². The average Bonchev–Trinajstić information content (AvgIpc) is 3.19. The molecule has 0 bridgehead atoms. The molecule has 4 nitrogen and oxygen atoms in total. The van der Waals surface area contributed by atoms with Gasteiger partial charge in [-0.3, -0.25) is 0 Å². The van der Waals surface area contributed by atoms with E-state index in [1.54, 1.807) is 30.8 Å². The molecule has 0 radical (unpaired) electrons. The van der Waals surface area contributed by atoms with E-state index in [1.807, 2.05) is 38.1 Å². The molecule has 0 N–H and O–H groups in total. The van der Waals surface area contributed by atoms with Crippen LogP contribution >= 0.6 is 11.8 Å². The van der Waals surface area contributed by atoms with Gasteiger partial charge in [-0.1, -0.05) is 46.3 Å². The topological polar surface area (TPSA) is 48.7 Å². The first-order valence-corrected chi connectivity index (χ1v) is 13.9. The molecule has 0 amide bonds. The standard InChI is InChI=1S/C31H37F3O4S/c1-8-9-10-11-21-12-15-24(27(16-21)37-31(32,33)34)26-17-22-13-14-23(18-25(22)36-26)39-30(6,7)19-29(4,5)38-28(35)20(2)3/h12-18H,2,8-11,19H2,1,3-7H3. The van der Waals surface area contributed by atoms with Gasteiger partial charge < -0.3 is 13.9 Å². The fraction of sp³-hybridized carbons (Fsp3) is 0.452. The number of rotatable bonds is 12. The zero-order chi connectivity index (χ0) is 29.0. The number of carbonyl (C=O) groups is 1. The largest absolute Gasteiger partial charge is 0.573 e. The van der Waals surface area contributed by atoms with Crippen LogP contribution in [0.5, 0.6) is 5.75 Å². The van der Waals surface area contributed by atoms with Gasteiger partial charge in [0.15, 0.2) is 0 Å². The van der Waals surface area contributed by atoms with E-state index in [4.69, 9.17) is 9.15 Å². The number of benzene rings is 2. The summed E-state index contributed by atoms with van der Waals surface area (Å²) in [6.07, 6.45) is -0.618. The Morgan fingerprint density at radius 2 is 1.74 bits per heavy atom. The van der Waals surface area contributed by atoms with Crippen LogP contribution in [-0.4, -0.2) is 22.7 Å². The van der Waals surface area contributed by atoms with E-state index in [1.165, 1.54) is 6.07 Å². The summed E-state index contributed by atoms with van der Waals surface area (Å²) in [6, 6.07) is 12.4. The third-order valence-corrected chi connectivity index (χ3v) is 7.25. The maximum atomic E-state index is 13.2. The maximum absolute atomic E-state index is 13.2. The van der Waals surface area contributed by atoms with E-state index in [0.717, 1.165) is 35.1 Å². The van der Waals surface area contributed by atoms with Crippen molar-refractivity contribution >= 4 is 28.7 Å². The lowest BCUT2D eigenvalue weighted by Crippen LogP contribution is -2.35. The number of alkyl halides is 3. The Hall–Kier alpha value is -2.87. The van der Waals surface area contributed by atoms with Crippen LogP contribution in [0.3, 0.4) is 0 Å². The van der Waals surface area contributed by atoms with Gasteiger partial charge in [0.1, 0.15) is 22.7 Å². The van der Waals surface area contributed by atoms with Crippen LogP contribution in [0.2, 0.25) is 0 Å². The summed E-state index contributed by atoms with van der Waals surface area (Å²) >= 11 is 1.60. The number of fused-ring (bicyclic) bond motifs is 1. The number of halogens is 3. The number of hydrogen-bond donors (Lipinski definition) is 0. The van der Waals surface area contributed by atoms with Crippen LogP contribution in [0.15, 0.2) is 63.9 Å². The number of aryl methyl sites for hydroxylation is 1. The van der Waals surface area contributed by atoms with Gasteiger partial charge in [0.25, 0.3) is 0 Å². The number of esters is 1. The summed E-state index contributed by atoms with van der Waals surface area (Å²) in [5, 5.41) is 0.771. The number of thioether (sulfide) groups is 1. The van der Waals surface area contributed by atoms with Gasteiger partial charge in [-0.2, -0.15) is 0 Å². The highest BCUT2D eigenvalue weighted by Gasteiger charge is 2.34. The van der Waals surface area contributed by atoms with Crippen molar-refractivity contribution in [1.29, 1.82) is 0 Å². The molecule has 212 valence electrons. The quantitative estimate of drug-likeness (QED) is 0.0951. The third-order valence-electron chi connectivity index (χ3n) is 6.06. The molecular weight excluding hydrogens is 525 g/mol. The minimum Gasteiger partial charge on any atom is -0.456 e. The molecule has 2 aromatic carbocycles. The van der Waals surface area contributed by atoms with Crippen molar-refractivity contribution in [3.05, 3.63) is 60.2 Å². The highest BCUT2D eigenvalue weighted by atomic mass is 32.2. The number of ether oxygens (including phenoxy) is 2. The minimum absolute atomic E-state index is 0.248. The van der Waals surface area contributed by atoms with Crippen LogP contribution in [0.25, 0.3) is 22.3 Å². The molecule has 8 heteroatoms. The number of unbranched alkanes of at least 4 members (excludes halogenated alkanes) is 2. The Labute approximate surface area is 232 Å². The van der Waals surface area contributed by atoms with Crippen molar-refractivity contribution < 1.29 is 31.9 Å². The van der Waals surface area contributed by atoms with Crippen LogP contribution in [-0.2, 0) is 16.0 Å². The van der Waals surface area contributed by atoms with E-state index < -0.39 is 17.9 Å². The van der Waals surface area contributed by atoms with E-state index >= 15 is 0 Å². The Morgan fingerprint density at radius 3 is 2.38 bits per heavy atom. The molecule has 1 heterocycles. The first kappa shape index (κ1) is 30.7. The summed E-state index contributed by atoms with van der Waals surface area (Å²) in [7, 11) is 0. The van der Waals surface area contributed by atoms with E-state index in [2.05, 4.69) is 32.1 Å². The second kappa shape index (κ2) is 12.1. The molecule has 0 saturated carbocycles. The van der Waals surface area contributed by atoms with Gasteiger partial charge >= 0.3 is 12.3 Å². The van der Waals surface area contributed by atoms with Crippen molar-refractivity contribution in [1.82, 2.24) is 0 Å². The molecule has 0 spiro atoms. The predicted octanol–water partition coefficient (Wildman–Crippen LogP) is 9.89. The number of carbonyl (C=O) groups excluding carboxylic acids is 1. The molecule has 0 fully saturated rings. The van der Waals surface area contributed by atoms with E-state index in [-0.39, 0.29) is 16.1 Å². The molecule has 0 aliphatic carbocycles. The number of hydrogen-bond acceptors (Lipinski definition) is 5. The van der Waals surface area contributed by atoms with Gasteiger partial charge in [0, 0.05) is 27.0 Å². The summed E-state index contributed by atoms with van der Waals surface area (Å²) in [4.78, 5) is 13.0. The third kappa shape index (κ3) is 9.09. The van der Waals surface area contributed by atoms with Gasteiger partial charge in [0.2, 0.25) is 0 Å². The Kier molecular flexibility index (Phi) is 9.52. The van der Waals surface area contributed by atoms with Crippen LogP contribution < -0.4 is 4.74 Å². The average molecular weight is 563 g/mol. The van der Waals surface area contributed by atoms with Crippen molar-refractivity contribution in [3.8, 4) is 17.1 Å². The van der Waals surface area contributed by atoms with Crippen LogP contribution in [0.1, 0.15) is 72.8 Å². The normalized spacial score (nSPS) is 12.5. The Bertz CT molecular complexity index is 1320. The highest BCUT2D eigenvalue weighted by Crippen LogP contribution is 2.42. The smallest absolute Gasteiger partial charge is 0.456 e. The molecule has 0 saturated heterocycles. The van der Waals surface area contributed by atoms with Gasteiger partial charge in [-0.25, -0.2) is 4.79 Å². The second-order valence-electron chi connectivity index (χ2n) is 11.1. The van der Waals surface area contributed by atoms with Crippen molar-refractivity contribution in [2.75, 3.05) is 0 Å². The number of furan rings is 1. The lowest BCUT2D eigenvalue weighted by atomic mass is 9.95. The fourth-order valence-electron chi connectivity index (χ4n) is 4.68. The first-order chi connectivity index (χ1) is 18.1. The van der Waals surface area contributed by atoms with Crippen LogP contribution in [0, 0.1) is 0 Å². The van der Waals surface area contributed by atoms with Crippen molar-refractivity contribution in [2.24, 2.45) is 0 Å². The Balaban J connectivity index is 1.85.